The van der Waals surface area contributed by atoms with Crippen molar-refractivity contribution < 1.29 is 15.0 Å². The number of thiophene rings is 1. The third-order valence-electron chi connectivity index (χ3n) is 3.06. The summed E-state index contributed by atoms with van der Waals surface area (Å²) in [5.74, 6) is -0.0329. The fourth-order valence-electron chi connectivity index (χ4n) is 2.07. The molecule has 0 bridgehead atoms. The highest BCUT2D eigenvalue weighted by Gasteiger charge is 2.19. The van der Waals surface area contributed by atoms with Gasteiger partial charge >= 0.3 is 0 Å². The molecule has 0 unspecified atom stereocenters. The summed E-state index contributed by atoms with van der Waals surface area (Å²) in [5.41, 5.74) is 1.67. The Morgan fingerprint density at radius 1 is 1.05 bits per heavy atom. The fraction of sp³-hybridized carbons (Fsp3) is 0.118. The molecule has 0 saturated carbocycles. The minimum Gasteiger partial charge on any atom is -0.506 e. The zero-order valence-electron chi connectivity index (χ0n) is 11.8. The lowest BCUT2D eigenvalue weighted by molar-refractivity contribution is 0.104. The predicted octanol–water partition coefficient (Wildman–Crippen LogP) is 3.75. The summed E-state index contributed by atoms with van der Waals surface area (Å²) >= 11 is 1.34. The number of hydrogen-bond acceptors (Lipinski definition) is 4. The largest absolute Gasteiger partial charge is 0.506 e. The predicted molar refractivity (Wildman–Crippen MR) is 86.2 cm³/mol. The number of hydrogen-bond donors (Lipinski definition) is 2. The van der Waals surface area contributed by atoms with Crippen LogP contribution in [0.5, 0.6) is 5.75 Å². The number of benzene rings is 2. The molecule has 0 atom stereocenters. The van der Waals surface area contributed by atoms with E-state index < -0.39 is 0 Å². The van der Waals surface area contributed by atoms with E-state index in [0.717, 1.165) is 22.8 Å². The second kappa shape index (κ2) is 6.52. The number of aliphatic hydroxyl groups is 1. The first-order valence-electron chi connectivity index (χ1n) is 6.43. The molecule has 2 N–H and O–H groups in total. The Morgan fingerprint density at radius 2 is 1.71 bits per heavy atom. The van der Waals surface area contributed by atoms with Crippen molar-refractivity contribution in [3.63, 3.8) is 0 Å². The molecule has 0 aliphatic carbocycles. The Labute approximate surface area is 127 Å². The van der Waals surface area contributed by atoms with Crippen molar-refractivity contribution in [2.45, 2.75) is 6.92 Å². The number of aliphatic hydroxyl groups excluding tert-OH is 1. The molecule has 3 rings (SSSR count). The molecule has 3 aromatic rings. The number of aromatic hydroxyl groups is 1. The highest BCUT2D eigenvalue weighted by atomic mass is 32.1. The molecular formula is C17H16O3S. The van der Waals surface area contributed by atoms with Gasteiger partial charge in [0.25, 0.3) is 0 Å². The summed E-state index contributed by atoms with van der Waals surface area (Å²) in [6.45, 7) is 1.97. The van der Waals surface area contributed by atoms with Gasteiger partial charge in [0.15, 0.2) is 0 Å². The fourth-order valence-corrected chi connectivity index (χ4v) is 3.11. The lowest BCUT2D eigenvalue weighted by Crippen LogP contribution is -1.97. The number of ketones is 1. The lowest BCUT2D eigenvalue weighted by Gasteiger charge is -1.98. The van der Waals surface area contributed by atoms with E-state index in [0.29, 0.717) is 10.4 Å². The molecule has 3 nitrogen and oxygen atoms in total. The molecular weight excluding hydrogens is 284 g/mol. The van der Waals surface area contributed by atoms with Gasteiger partial charge in [-0.05, 0) is 19.1 Å². The Kier molecular flexibility index (Phi) is 4.73. The summed E-state index contributed by atoms with van der Waals surface area (Å²) in [4.78, 5) is 12.8. The maximum atomic E-state index is 12.4. The zero-order chi connectivity index (χ0) is 15.4. The van der Waals surface area contributed by atoms with Crippen LogP contribution in [0, 0.1) is 6.92 Å². The van der Waals surface area contributed by atoms with Gasteiger partial charge in [0.2, 0.25) is 5.78 Å². The second-order valence-electron chi connectivity index (χ2n) is 4.47. The Balaban J connectivity index is 0.000000774. The summed E-state index contributed by atoms with van der Waals surface area (Å²) in [6.07, 6.45) is 0. The number of fused-ring (bicyclic) bond motifs is 1. The van der Waals surface area contributed by atoms with Crippen LogP contribution in [0.4, 0.5) is 0 Å². The quantitative estimate of drug-likeness (QED) is 0.709. The van der Waals surface area contributed by atoms with E-state index >= 15 is 0 Å². The van der Waals surface area contributed by atoms with Crippen LogP contribution in [0.2, 0.25) is 0 Å². The van der Waals surface area contributed by atoms with E-state index in [4.69, 9.17) is 5.11 Å². The van der Waals surface area contributed by atoms with Gasteiger partial charge in [-0.25, -0.2) is 0 Å². The molecule has 0 amide bonds. The van der Waals surface area contributed by atoms with Crippen LogP contribution >= 0.6 is 11.3 Å². The van der Waals surface area contributed by atoms with E-state index in [1.165, 1.54) is 11.3 Å². The molecule has 1 heterocycles. The Hall–Kier alpha value is -2.17. The third kappa shape index (κ3) is 2.96. The highest BCUT2D eigenvalue weighted by Crippen LogP contribution is 2.38. The van der Waals surface area contributed by atoms with Gasteiger partial charge in [-0.1, -0.05) is 42.0 Å². The normalized spacial score (nSPS) is 10.0. The van der Waals surface area contributed by atoms with Crippen molar-refractivity contribution in [1.82, 2.24) is 0 Å². The van der Waals surface area contributed by atoms with E-state index in [1.807, 2.05) is 43.3 Å². The van der Waals surface area contributed by atoms with Crippen LogP contribution in [0.25, 0.3) is 10.1 Å². The van der Waals surface area contributed by atoms with E-state index in [-0.39, 0.29) is 11.5 Å². The van der Waals surface area contributed by atoms with Crippen LogP contribution in [-0.4, -0.2) is 23.1 Å². The first kappa shape index (κ1) is 15.2. The Morgan fingerprint density at radius 3 is 2.38 bits per heavy atom. The molecule has 0 spiro atoms. The van der Waals surface area contributed by atoms with Crippen LogP contribution in [-0.2, 0) is 0 Å². The molecule has 0 saturated heterocycles. The molecule has 0 radical (unpaired) electrons. The maximum Gasteiger partial charge on any atom is 0.206 e. The summed E-state index contributed by atoms with van der Waals surface area (Å²) in [5, 5.41) is 18.0. The summed E-state index contributed by atoms with van der Waals surface area (Å²) in [7, 11) is 1.00. The Bertz CT molecular complexity index is 760. The van der Waals surface area contributed by atoms with Crippen molar-refractivity contribution >= 4 is 27.2 Å². The smallest absolute Gasteiger partial charge is 0.206 e. The standard InChI is InChI=1S/C16H12O2S.CH4O/c1-10-7-8-13-12(9-10)15(18)16(19-13)14(17)11-5-3-2-4-6-11;1-2/h2-9,18H,1H3;2H,1H3. The first-order valence-corrected chi connectivity index (χ1v) is 7.25. The van der Waals surface area contributed by atoms with Crippen molar-refractivity contribution in [3.05, 3.63) is 64.5 Å². The SMILES string of the molecule is CO.Cc1ccc2sc(C(=O)c3ccccc3)c(O)c2c1. The van der Waals surface area contributed by atoms with Crippen LogP contribution < -0.4 is 0 Å². The first-order chi connectivity index (χ1) is 10.2. The average molecular weight is 300 g/mol. The molecule has 1 aromatic heterocycles. The molecule has 0 aliphatic heterocycles. The van der Waals surface area contributed by atoms with Crippen LogP contribution in [0.15, 0.2) is 48.5 Å². The van der Waals surface area contributed by atoms with Gasteiger partial charge in [0, 0.05) is 22.8 Å². The summed E-state index contributed by atoms with van der Waals surface area (Å²) < 4.78 is 0.933. The van der Waals surface area contributed by atoms with Crippen molar-refractivity contribution in [1.29, 1.82) is 0 Å². The lowest BCUT2D eigenvalue weighted by atomic mass is 10.1. The van der Waals surface area contributed by atoms with Crippen molar-refractivity contribution in [2.75, 3.05) is 7.11 Å². The second-order valence-corrected chi connectivity index (χ2v) is 5.53. The number of rotatable bonds is 2. The monoisotopic (exact) mass is 300 g/mol. The number of aryl methyl sites for hydroxylation is 1. The topological polar surface area (TPSA) is 57.5 Å². The average Bonchev–Trinajstić information content (AvgIpc) is 2.86. The van der Waals surface area contributed by atoms with Gasteiger partial charge < -0.3 is 10.2 Å². The molecule has 4 heteroatoms. The molecule has 0 fully saturated rings. The molecule has 21 heavy (non-hydrogen) atoms. The third-order valence-corrected chi connectivity index (χ3v) is 4.22. The summed E-state index contributed by atoms with van der Waals surface area (Å²) in [6, 6.07) is 14.9. The van der Waals surface area contributed by atoms with Crippen molar-refractivity contribution in [2.24, 2.45) is 0 Å². The number of carbonyl (C=O) groups is 1. The van der Waals surface area contributed by atoms with Crippen molar-refractivity contribution in [3.8, 4) is 5.75 Å². The van der Waals surface area contributed by atoms with Gasteiger partial charge in [-0.2, -0.15) is 0 Å². The molecule has 0 aliphatic rings. The minimum atomic E-state index is -0.128. The van der Waals surface area contributed by atoms with E-state index in [9.17, 15) is 9.90 Å². The van der Waals surface area contributed by atoms with E-state index in [1.54, 1.807) is 12.1 Å². The van der Waals surface area contributed by atoms with Crippen LogP contribution in [0.1, 0.15) is 20.8 Å². The van der Waals surface area contributed by atoms with E-state index in [2.05, 4.69) is 0 Å². The van der Waals surface area contributed by atoms with Gasteiger partial charge in [0.1, 0.15) is 10.6 Å². The maximum absolute atomic E-state index is 12.4. The van der Waals surface area contributed by atoms with Gasteiger partial charge in [0.05, 0.1) is 0 Å². The highest BCUT2D eigenvalue weighted by molar-refractivity contribution is 7.21. The van der Waals surface area contributed by atoms with Crippen LogP contribution in [0.3, 0.4) is 0 Å². The zero-order valence-corrected chi connectivity index (χ0v) is 12.6. The molecule has 2 aromatic carbocycles. The number of carbonyl (C=O) groups excluding carboxylic acids is 1. The van der Waals surface area contributed by atoms with Gasteiger partial charge in [-0.3, -0.25) is 4.79 Å². The minimum absolute atomic E-state index is 0.0950. The van der Waals surface area contributed by atoms with Gasteiger partial charge in [-0.15, -0.1) is 11.3 Å². The molecule has 108 valence electrons.